The molecule has 0 aromatic carbocycles. The summed E-state index contributed by atoms with van der Waals surface area (Å²) in [7, 11) is 0. The molecule has 0 aliphatic heterocycles. The van der Waals surface area contributed by atoms with Crippen LogP contribution in [-0.2, 0) is 9.53 Å². The van der Waals surface area contributed by atoms with E-state index in [0.717, 1.165) is 6.92 Å². The van der Waals surface area contributed by atoms with E-state index in [1.807, 2.05) is 13.8 Å². The van der Waals surface area contributed by atoms with Crippen LogP contribution in [0.5, 0.6) is 0 Å². The Labute approximate surface area is 62.4 Å². The maximum Gasteiger partial charge on any atom is 0.334 e. The van der Waals surface area contributed by atoms with Gasteiger partial charge in [-0.25, -0.2) is 4.79 Å². The molecule has 1 N–H and O–H groups in total. The lowest BCUT2D eigenvalue weighted by Gasteiger charge is -2.07. The molecule has 0 aliphatic rings. The number of aliphatic hydroxyl groups is 1. The fraction of sp³-hybridized carbons (Fsp3) is 0.857. The molecule has 0 aliphatic carbocycles. The predicted molar refractivity (Wildman–Crippen MR) is 37.5 cm³/mol. The Kier molecular flexibility index (Phi) is 3.22. The smallest absolute Gasteiger partial charge is 0.334 e. The number of hydrogen-bond acceptors (Lipinski definition) is 3. The first-order valence-corrected chi connectivity index (χ1v) is 3.23. The van der Waals surface area contributed by atoms with Crippen molar-refractivity contribution in [2.45, 2.75) is 26.9 Å². The van der Waals surface area contributed by atoms with Crippen molar-refractivity contribution in [1.29, 1.82) is 0 Å². The molecule has 1 atom stereocenters. The minimum absolute atomic E-state index is 0.223. The van der Waals surface area contributed by atoms with Gasteiger partial charge in [-0.2, -0.15) is 0 Å². The highest BCUT2D eigenvalue weighted by molar-refractivity contribution is 5.73. The van der Waals surface area contributed by atoms with E-state index in [1.54, 1.807) is 0 Å². The minimum atomic E-state index is -2.12. The fourth-order valence-corrected chi connectivity index (χ4v) is 0.347. The molecule has 3 nitrogen and oxygen atoms in total. The maximum atomic E-state index is 10.7. The SMILES string of the molecule is [2H][C@](C)(O)C(=O)OCC(C)C. The van der Waals surface area contributed by atoms with Crippen LogP contribution >= 0.6 is 0 Å². The first kappa shape index (κ1) is 7.54. The van der Waals surface area contributed by atoms with Gasteiger partial charge in [0.1, 0.15) is 6.08 Å². The lowest BCUT2D eigenvalue weighted by atomic mass is 10.2. The summed E-state index contributed by atoms with van der Waals surface area (Å²) in [5.41, 5.74) is 0. The number of rotatable bonds is 3. The van der Waals surface area contributed by atoms with Crippen LogP contribution in [0.15, 0.2) is 0 Å². The third-order valence-corrected chi connectivity index (χ3v) is 0.843. The highest BCUT2D eigenvalue weighted by Crippen LogP contribution is 1.94. The molecule has 0 saturated carbocycles. The fourth-order valence-electron chi connectivity index (χ4n) is 0.347. The Morgan fingerprint density at radius 1 is 1.70 bits per heavy atom. The maximum absolute atomic E-state index is 10.7. The van der Waals surface area contributed by atoms with Crippen LogP contribution in [0.2, 0.25) is 0 Å². The van der Waals surface area contributed by atoms with Gasteiger partial charge in [-0.1, -0.05) is 13.8 Å². The molecule has 0 amide bonds. The van der Waals surface area contributed by atoms with Crippen LogP contribution in [0, 0.1) is 5.92 Å². The van der Waals surface area contributed by atoms with Gasteiger partial charge in [0, 0.05) is 0 Å². The highest BCUT2D eigenvalue weighted by Gasteiger charge is 2.09. The molecule has 0 unspecified atom stereocenters. The van der Waals surface area contributed by atoms with E-state index in [9.17, 15) is 4.79 Å². The number of carbonyl (C=O) groups excluding carboxylic acids is 1. The predicted octanol–water partition coefficient (Wildman–Crippen LogP) is 0.566. The Morgan fingerprint density at radius 2 is 2.20 bits per heavy atom. The zero-order valence-electron chi connectivity index (χ0n) is 7.55. The Balaban J connectivity index is 3.71. The molecule has 0 spiro atoms. The van der Waals surface area contributed by atoms with Gasteiger partial charge in [-0.05, 0) is 12.8 Å². The van der Waals surface area contributed by atoms with Gasteiger partial charge >= 0.3 is 5.97 Å². The van der Waals surface area contributed by atoms with E-state index >= 15 is 0 Å². The number of ether oxygens (including phenoxy) is 1. The van der Waals surface area contributed by atoms with E-state index < -0.39 is 12.0 Å². The van der Waals surface area contributed by atoms with Gasteiger partial charge in [0.2, 0.25) is 0 Å². The average molecular weight is 147 g/mol. The van der Waals surface area contributed by atoms with E-state index in [0.29, 0.717) is 0 Å². The van der Waals surface area contributed by atoms with Crippen molar-refractivity contribution in [3.63, 3.8) is 0 Å². The summed E-state index contributed by atoms with van der Waals surface area (Å²) in [6, 6.07) is 0. The van der Waals surface area contributed by atoms with Gasteiger partial charge < -0.3 is 9.84 Å². The van der Waals surface area contributed by atoms with Crippen LogP contribution in [-0.4, -0.2) is 23.8 Å². The molecule has 10 heavy (non-hydrogen) atoms. The van der Waals surface area contributed by atoms with Crippen molar-refractivity contribution in [1.82, 2.24) is 0 Å². The molecule has 0 saturated heterocycles. The first-order chi connectivity index (χ1) is 4.84. The molecule has 0 radical (unpaired) electrons. The molecule has 0 aromatic heterocycles. The quantitative estimate of drug-likeness (QED) is 0.593. The van der Waals surface area contributed by atoms with Crippen molar-refractivity contribution < 1.29 is 16.0 Å². The lowest BCUT2D eigenvalue weighted by Crippen LogP contribution is -2.21. The van der Waals surface area contributed by atoms with Crippen molar-refractivity contribution in [3.05, 3.63) is 0 Å². The number of esters is 1. The largest absolute Gasteiger partial charge is 0.464 e. The van der Waals surface area contributed by atoms with E-state index in [-0.39, 0.29) is 12.5 Å². The highest BCUT2D eigenvalue weighted by atomic mass is 16.5. The summed E-state index contributed by atoms with van der Waals surface area (Å²) in [5.74, 6) is -0.674. The zero-order valence-corrected chi connectivity index (χ0v) is 6.55. The van der Waals surface area contributed by atoms with Crippen LogP contribution in [0.4, 0.5) is 0 Å². The van der Waals surface area contributed by atoms with E-state index in [1.165, 1.54) is 0 Å². The minimum Gasteiger partial charge on any atom is -0.464 e. The molecule has 0 aromatic rings. The molecule has 60 valence electrons. The Bertz CT molecular complexity index is 137. The van der Waals surface area contributed by atoms with Gasteiger partial charge in [0.05, 0.1) is 7.98 Å². The topological polar surface area (TPSA) is 46.5 Å². The van der Waals surface area contributed by atoms with Crippen molar-refractivity contribution >= 4 is 5.97 Å². The van der Waals surface area contributed by atoms with Gasteiger partial charge in [-0.15, -0.1) is 0 Å². The lowest BCUT2D eigenvalue weighted by molar-refractivity contribution is -0.153. The summed E-state index contributed by atoms with van der Waals surface area (Å²) < 4.78 is 11.5. The van der Waals surface area contributed by atoms with Gasteiger partial charge in [0.15, 0.2) is 0 Å². The van der Waals surface area contributed by atoms with Gasteiger partial charge in [-0.3, -0.25) is 0 Å². The molecule has 0 heterocycles. The number of hydrogen-bond donors (Lipinski definition) is 1. The zero-order chi connectivity index (χ0) is 9.07. The first-order valence-electron chi connectivity index (χ1n) is 3.73. The number of carbonyl (C=O) groups is 1. The van der Waals surface area contributed by atoms with E-state index in [4.69, 9.17) is 6.48 Å². The molecule has 0 rings (SSSR count). The second-order valence-corrected chi connectivity index (χ2v) is 2.58. The summed E-state index contributed by atoms with van der Waals surface area (Å²) in [6.07, 6.45) is -2.12. The van der Waals surface area contributed by atoms with Crippen molar-refractivity contribution in [3.8, 4) is 0 Å². The molecule has 3 heteroatoms. The Hall–Kier alpha value is -0.570. The third kappa shape index (κ3) is 4.32. The summed E-state index contributed by atoms with van der Waals surface area (Å²) in [5, 5.41) is 8.79. The molecule has 0 fully saturated rings. The van der Waals surface area contributed by atoms with Crippen LogP contribution in [0.1, 0.15) is 22.1 Å². The van der Waals surface area contributed by atoms with E-state index in [2.05, 4.69) is 4.74 Å². The standard InChI is InChI=1S/C7H14O3/c1-5(2)4-10-7(9)6(3)8/h5-6,8H,4H2,1-3H3/t6-/m1/s1/i6D. The summed E-state index contributed by atoms with van der Waals surface area (Å²) in [6.45, 7) is 5.08. The third-order valence-electron chi connectivity index (χ3n) is 0.843. The molecular formula is C7H14O3. The van der Waals surface area contributed by atoms with Crippen LogP contribution < -0.4 is 0 Å². The van der Waals surface area contributed by atoms with Crippen LogP contribution in [0.25, 0.3) is 0 Å². The second kappa shape index (κ2) is 4.28. The molecular weight excluding hydrogens is 132 g/mol. The second-order valence-electron chi connectivity index (χ2n) is 2.58. The Morgan fingerprint density at radius 3 is 2.50 bits per heavy atom. The normalized spacial score (nSPS) is 17.9. The van der Waals surface area contributed by atoms with Crippen molar-refractivity contribution in [2.24, 2.45) is 5.92 Å². The van der Waals surface area contributed by atoms with Crippen LogP contribution in [0.3, 0.4) is 0 Å². The monoisotopic (exact) mass is 147 g/mol. The molecule has 0 bridgehead atoms. The average Bonchev–Trinajstić information content (AvgIpc) is 1.80. The van der Waals surface area contributed by atoms with Crippen molar-refractivity contribution in [2.75, 3.05) is 6.61 Å². The summed E-state index contributed by atoms with van der Waals surface area (Å²) >= 11 is 0. The summed E-state index contributed by atoms with van der Waals surface area (Å²) in [4.78, 5) is 10.7. The van der Waals surface area contributed by atoms with Gasteiger partial charge in [0.25, 0.3) is 0 Å².